The maximum atomic E-state index is 12.7. The van der Waals surface area contributed by atoms with E-state index in [-0.39, 0.29) is 21.2 Å². The summed E-state index contributed by atoms with van der Waals surface area (Å²) in [4.78, 5) is 10.0. The predicted octanol–water partition coefficient (Wildman–Crippen LogP) is 4.47. The van der Waals surface area contributed by atoms with Crippen molar-refractivity contribution in [2.45, 2.75) is 23.6 Å². The molecular weight excluding hydrogens is 478 g/mol. The summed E-state index contributed by atoms with van der Waals surface area (Å²) < 4.78 is 55.3. The molecule has 9 nitrogen and oxygen atoms in total. The summed E-state index contributed by atoms with van der Waals surface area (Å²) in [7, 11) is -8.07. The first-order valence-corrected chi connectivity index (χ1v) is 12.4. The van der Waals surface area contributed by atoms with Crippen LogP contribution in [0.4, 0.5) is 17.1 Å². The van der Waals surface area contributed by atoms with Crippen molar-refractivity contribution in [2.75, 3.05) is 9.44 Å². The molecule has 0 saturated heterocycles. The van der Waals surface area contributed by atoms with Gasteiger partial charge in [0.05, 0.1) is 20.4 Å². The van der Waals surface area contributed by atoms with Crippen molar-refractivity contribution in [2.24, 2.45) is 0 Å². The van der Waals surface area contributed by atoms with E-state index in [9.17, 15) is 26.9 Å². The van der Waals surface area contributed by atoms with Gasteiger partial charge in [0, 0.05) is 22.3 Å². The van der Waals surface area contributed by atoms with Gasteiger partial charge in [-0.3, -0.25) is 19.6 Å². The number of anilines is 2. The molecule has 0 radical (unpaired) electrons. The fourth-order valence-electron chi connectivity index (χ4n) is 2.79. The zero-order chi connectivity index (χ0) is 23.7. The first kappa shape index (κ1) is 23.5. The topological polar surface area (TPSA) is 135 Å². The van der Waals surface area contributed by atoms with Crippen LogP contribution in [0.3, 0.4) is 0 Å². The van der Waals surface area contributed by atoms with Crippen molar-refractivity contribution >= 4 is 48.7 Å². The fourth-order valence-corrected chi connectivity index (χ4v) is 5.17. The van der Waals surface area contributed by atoms with Crippen LogP contribution in [0.25, 0.3) is 0 Å². The summed E-state index contributed by atoms with van der Waals surface area (Å²) in [6.45, 7) is 3.17. The van der Waals surface area contributed by atoms with Gasteiger partial charge >= 0.3 is 0 Å². The molecule has 0 amide bonds. The fraction of sp³-hybridized carbons (Fsp3) is 0.100. The van der Waals surface area contributed by atoms with Gasteiger partial charge in [-0.15, -0.1) is 0 Å². The number of nitro groups is 1. The summed E-state index contributed by atoms with van der Waals surface area (Å²) in [5, 5.41) is 11.5. The lowest BCUT2D eigenvalue weighted by Gasteiger charge is -2.12. The van der Waals surface area contributed by atoms with Crippen molar-refractivity contribution in [1.82, 2.24) is 0 Å². The highest BCUT2D eigenvalue weighted by atomic mass is 35.5. The normalized spacial score (nSPS) is 11.7. The van der Waals surface area contributed by atoms with Crippen LogP contribution in [0.1, 0.15) is 11.1 Å². The molecule has 3 aromatic rings. The highest BCUT2D eigenvalue weighted by molar-refractivity contribution is 7.93. The van der Waals surface area contributed by atoms with E-state index in [1.54, 1.807) is 25.1 Å². The van der Waals surface area contributed by atoms with E-state index in [1.807, 2.05) is 0 Å². The van der Waals surface area contributed by atoms with Crippen LogP contribution >= 0.6 is 11.6 Å². The van der Waals surface area contributed by atoms with Crippen molar-refractivity contribution in [1.29, 1.82) is 0 Å². The van der Waals surface area contributed by atoms with Gasteiger partial charge in [-0.25, -0.2) is 16.8 Å². The average Bonchev–Trinajstić information content (AvgIpc) is 2.71. The minimum atomic E-state index is -4.13. The Morgan fingerprint density at radius 1 is 0.844 bits per heavy atom. The van der Waals surface area contributed by atoms with Crippen molar-refractivity contribution < 1.29 is 21.8 Å². The van der Waals surface area contributed by atoms with Crippen LogP contribution in [-0.2, 0) is 20.0 Å². The second-order valence-corrected chi connectivity index (χ2v) is 10.6. The zero-order valence-corrected chi connectivity index (χ0v) is 19.3. The Hall–Kier alpha value is -3.15. The number of aryl methyl sites for hydroxylation is 1. The molecule has 0 heterocycles. The number of nitrogens with one attached hydrogen (secondary N) is 2. The van der Waals surface area contributed by atoms with Gasteiger partial charge in [0.25, 0.3) is 25.7 Å². The average molecular weight is 496 g/mol. The third-order valence-electron chi connectivity index (χ3n) is 4.62. The molecule has 32 heavy (non-hydrogen) atoms. The first-order valence-electron chi connectivity index (χ1n) is 9.06. The molecule has 12 heteroatoms. The standard InChI is InChI=1S/C20H18ClN3O6S2/c1-13-6-9-17(12-20(13)24(25)26)32(29,30)22-15-7-10-16(11-8-15)31(27,28)23-19-5-3-4-18(21)14(19)2/h3-12,22-23H,1-2H3. The van der Waals surface area contributed by atoms with Crippen LogP contribution in [0.5, 0.6) is 0 Å². The lowest BCUT2D eigenvalue weighted by Crippen LogP contribution is -2.15. The molecule has 168 valence electrons. The Bertz CT molecular complexity index is 1410. The Kier molecular flexibility index (Phi) is 6.44. The van der Waals surface area contributed by atoms with E-state index in [1.165, 1.54) is 43.3 Å². The Balaban J connectivity index is 1.83. The van der Waals surface area contributed by atoms with Gasteiger partial charge in [0.1, 0.15) is 0 Å². The molecule has 0 aliphatic carbocycles. The number of halogens is 1. The Labute approximate surface area is 190 Å². The molecule has 2 N–H and O–H groups in total. The maximum absolute atomic E-state index is 12.7. The third-order valence-corrected chi connectivity index (χ3v) is 7.79. The highest BCUT2D eigenvalue weighted by Crippen LogP contribution is 2.27. The molecule has 0 spiro atoms. The van der Waals surface area contributed by atoms with Crippen LogP contribution in [0.2, 0.25) is 5.02 Å². The number of benzene rings is 3. The van der Waals surface area contributed by atoms with E-state index < -0.39 is 25.0 Å². The first-order chi connectivity index (χ1) is 14.9. The van der Waals surface area contributed by atoms with Gasteiger partial charge in [0.2, 0.25) is 0 Å². The van der Waals surface area contributed by atoms with Gasteiger partial charge in [-0.05, 0) is 61.9 Å². The van der Waals surface area contributed by atoms with Crippen LogP contribution in [0, 0.1) is 24.0 Å². The molecule has 3 aromatic carbocycles. The largest absolute Gasteiger partial charge is 0.280 e. The van der Waals surface area contributed by atoms with Crippen molar-refractivity contribution in [3.8, 4) is 0 Å². The van der Waals surface area contributed by atoms with Gasteiger partial charge < -0.3 is 0 Å². The zero-order valence-electron chi connectivity index (χ0n) is 16.9. The molecule has 0 aliphatic rings. The summed E-state index contributed by atoms with van der Waals surface area (Å²) in [6.07, 6.45) is 0. The minimum absolute atomic E-state index is 0.0890. The minimum Gasteiger partial charge on any atom is -0.280 e. The van der Waals surface area contributed by atoms with Crippen molar-refractivity contribution in [3.05, 3.63) is 86.9 Å². The van der Waals surface area contributed by atoms with Crippen LogP contribution in [0.15, 0.2) is 70.5 Å². The van der Waals surface area contributed by atoms with Crippen molar-refractivity contribution in [3.63, 3.8) is 0 Å². The molecular formula is C20H18ClN3O6S2. The predicted molar refractivity (Wildman–Crippen MR) is 122 cm³/mol. The molecule has 0 saturated carbocycles. The smallest absolute Gasteiger partial charge is 0.273 e. The molecule has 3 rings (SSSR count). The molecule has 0 atom stereocenters. The van der Waals surface area contributed by atoms with E-state index in [0.717, 1.165) is 6.07 Å². The number of nitro benzene ring substituents is 1. The van der Waals surface area contributed by atoms with Crippen LogP contribution in [-0.4, -0.2) is 21.8 Å². The highest BCUT2D eigenvalue weighted by Gasteiger charge is 2.21. The number of hydrogen-bond acceptors (Lipinski definition) is 6. The summed E-state index contributed by atoms with van der Waals surface area (Å²) in [6, 6.07) is 13.4. The maximum Gasteiger partial charge on any atom is 0.273 e. The molecule has 0 aliphatic heterocycles. The number of hydrogen-bond donors (Lipinski definition) is 2. The second-order valence-electron chi connectivity index (χ2n) is 6.85. The number of nitrogens with zero attached hydrogens (tertiary/aromatic N) is 1. The van der Waals surface area contributed by atoms with E-state index in [4.69, 9.17) is 11.6 Å². The molecule has 0 aromatic heterocycles. The number of rotatable bonds is 7. The van der Waals surface area contributed by atoms with Gasteiger partial charge in [-0.2, -0.15) is 0 Å². The molecule has 0 bridgehead atoms. The van der Waals surface area contributed by atoms with E-state index in [2.05, 4.69) is 9.44 Å². The molecule has 0 unspecified atom stereocenters. The summed E-state index contributed by atoms with van der Waals surface area (Å²) >= 11 is 6.02. The number of sulfonamides is 2. The lowest BCUT2D eigenvalue weighted by molar-refractivity contribution is -0.385. The third kappa shape index (κ3) is 5.01. The van der Waals surface area contributed by atoms with Gasteiger partial charge in [0.15, 0.2) is 0 Å². The van der Waals surface area contributed by atoms with E-state index >= 15 is 0 Å². The quantitative estimate of drug-likeness (QED) is 0.366. The van der Waals surface area contributed by atoms with E-state index in [0.29, 0.717) is 21.8 Å². The Morgan fingerprint density at radius 2 is 1.44 bits per heavy atom. The van der Waals surface area contributed by atoms with Crippen LogP contribution < -0.4 is 9.44 Å². The summed E-state index contributed by atoms with van der Waals surface area (Å²) in [5.41, 5.74) is 0.978. The monoisotopic (exact) mass is 495 g/mol. The van der Waals surface area contributed by atoms with Gasteiger partial charge in [-0.1, -0.05) is 23.7 Å². The summed E-state index contributed by atoms with van der Waals surface area (Å²) in [5.74, 6) is 0. The SMILES string of the molecule is Cc1ccc(S(=O)(=O)Nc2ccc(S(=O)(=O)Nc3cccc(Cl)c3C)cc2)cc1[N+](=O)[O-]. The second kappa shape index (κ2) is 8.77. The Morgan fingerprint density at radius 3 is 2.06 bits per heavy atom. The lowest BCUT2D eigenvalue weighted by atomic mass is 10.2. The molecule has 0 fully saturated rings.